The van der Waals surface area contributed by atoms with Gasteiger partial charge in [-0.25, -0.2) is 4.98 Å². The van der Waals surface area contributed by atoms with Crippen molar-refractivity contribution in [2.75, 3.05) is 17.7 Å². The highest BCUT2D eigenvalue weighted by Crippen LogP contribution is 2.24. The Kier molecular flexibility index (Phi) is 2.88. The Morgan fingerprint density at radius 3 is 2.41 bits per heavy atom. The number of hydrogen-bond donors (Lipinski definition) is 2. The highest BCUT2D eigenvalue weighted by molar-refractivity contribution is 5.90. The summed E-state index contributed by atoms with van der Waals surface area (Å²) in [5.74, 6) is 1.50. The number of rotatable bonds is 2. The number of para-hydroxylation sites is 1. The van der Waals surface area contributed by atoms with Gasteiger partial charge in [0.1, 0.15) is 5.82 Å². The average molecular weight is 230 g/mol. The molecule has 0 saturated carbocycles. The van der Waals surface area contributed by atoms with Gasteiger partial charge in [0.05, 0.1) is 5.52 Å². The molecule has 0 aliphatic carbocycles. The molecule has 2 aromatic rings. The lowest BCUT2D eigenvalue weighted by molar-refractivity contribution is 0.631. The highest BCUT2D eigenvalue weighted by Gasteiger charge is 2.13. The molecular formula is C13H18N4. The molecule has 0 aliphatic heterocycles. The van der Waals surface area contributed by atoms with Crippen LogP contribution in [0.3, 0.4) is 0 Å². The van der Waals surface area contributed by atoms with Gasteiger partial charge in [-0.1, -0.05) is 12.1 Å². The third-order valence-electron chi connectivity index (χ3n) is 2.32. The van der Waals surface area contributed by atoms with E-state index in [4.69, 9.17) is 0 Å². The summed E-state index contributed by atoms with van der Waals surface area (Å²) in [6, 6.07) is 8.00. The summed E-state index contributed by atoms with van der Waals surface area (Å²) in [7, 11) is 1.82. The van der Waals surface area contributed by atoms with E-state index in [0.717, 1.165) is 16.7 Å². The van der Waals surface area contributed by atoms with Gasteiger partial charge in [-0.3, -0.25) is 0 Å². The smallest absolute Gasteiger partial charge is 0.224 e. The normalized spacial score (nSPS) is 11.5. The predicted octanol–water partition coefficient (Wildman–Crippen LogP) is 2.88. The summed E-state index contributed by atoms with van der Waals surface area (Å²) < 4.78 is 0. The van der Waals surface area contributed by atoms with Gasteiger partial charge in [-0.2, -0.15) is 4.98 Å². The minimum Gasteiger partial charge on any atom is -0.365 e. The second kappa shape index (κ2) is 4.20. The monoisotopic (exact) mass is 230 g/mol. The quantitative estimate of drug-likeness (QED) is 0.833. The molecular weight excluding hydrogens is 212 g/mol. The second-order valence-electron chi connectivity index (χ2n) is 5.04. The van der Waals surface area contributed by atoms with Crippen LogP contribution in [0.4, 0.5) is 11.8 Å². The zero-order valence-electron chi connectivity index (χ0n) is 10.7. The molecule has 0 saturated heterocycles. The third-order valence-corrected chi connectivity index (χ3v) is 2.32. The largest absolute Gasteiger partial charge is 0.365 e. The summed E-state index contributed by atoms with van der Waals surface area (Å²) in [6.45, 7) is 6.34. The van der Waals surface area contributed by atoms with Crippen LogP contribution in [0.15, 0.2) is 24.3 Å². The van der Waals surface area contributed by atoms with Crippen molar-refractivity contribution in [1.29, 1.82) is 0 Å². The van der Waals surface area contributed by atoms with E-state index in [1.807, 2.05) is 31.3 Å². The van der Waals surface area contributed by atoms with Gasteiger partial charge >= 0.3 is 0 Å². The SMILES string of the molecule is CNc1nc(NC(C)(C)C)c2ccccc2n1. The average Bonchev–Trinajstić information content (AvgIpc) is 2.26. The predicted molar refractivity (Wildman–Crippen MR) is 72.5 cm³/mol. The Hall–Kier alpha value is -1.84. The fourth-order valence-electron chi connectivity index (χ4n) is 1.64. The van der Waals surface area contributed by atoms with E-state index >= 15 is 0 Å². The van der Waals surface area contributed by atoms with Crippen molar-refractivity contribution >= 4 is 22.7 Å². The number of benzene rings is 1. The fraction of sp³-hybridized carbons (Fsp3) is 0.385. The highest BCUT2D eigenvalue weighted by atomic mass is 15.1. The minimum atomic E-state index is -0.0257. The Morgan fingerprint density at radius 1 is 1.06 bits per heavy atom. The van der Waals surface area contributed by atoms with E-state index in [9.17, 15) is 0 Å². The molecule has 0 bridgehead atoms. The molecule has 0 spiro atoms. The first kappa shape index (κ1) is 11.6. The summed E-state index contributed by atoms with van der Waals surface area (Å²) in [5, 5.41) is 7.43. The van der Waals surface area contributed by atoms with Gasteiger partial charge in [0.15, 0.2) is 0 Å². The van der Waals surface area contributed by atoms with Crippen molar-refractivity contribution in [1.82, 2.24) is 9.97 Å². The van der Waals surface area contributed by atoms with Crippen LogP contribution in [-0.4, -0.2) is 22.6 Å². The van der Waals surface area contributed by atoms with Gasteiger partial charge in [-0.05, 0) is 32.9 Å². The molecule has 0 atom stereocenters. The Bertz CT molecular complexity index is 528. The van der Waals surface area contributed by atoms with Crippen molar-refractivity contribution in [3.8, 4) is 0 Å². The zero-order chi connectivity index (χ0) is 12.5. The van der Waals surface area contributed by atoms with Crippen molar-refractivity contribution < 1.29 is 0 Å². The maximum atomic E-state index is 4.47. The molecule has 2 N–H and O–H groups in total. The molecule has 1 aromatic carbocycles. The van der Waals surface area contributed by atoms with Crippen LogP contribution in [0.2, 0.25) is 0 Å². The second-order valence-corrected chi connectivity index (χ2v) is 5.04. The van der Waals surface area contributed by atoms with Crippen molar-refractivity contribution in [3.05, 3.63) is 24.3 Å². The molecule has 90 valence electrons. The molecule has 1 aromatic heterocycles. The number of hydrogen-bond acceptors (Lipinski definition) is 4. The number of aromatic nitrogens is 2. The topological polar surface area (TPSA) is 49.8 Å². The van der Waals surface area contributed by atoms with Gasteiger partial charge in [0, 0.05) is 18.0 Å². The number of anilines is 2. The van der Waals surface area contributed by atoms with E-state index in [1.54, 1.807) is 0 Å². The van der Waals surface area contributed by atoms with Crippen LogP contribution in [0, 0.1) is 0 Å². The minimum absolute atomic E-state index is 0.0257. The Morgan fingerprint density at radius 2 is 1.76 bits per heavy atom. The molecule has 0 unspecified atom stereocenters. The molecule has 2 rings (SSSR count). The number of nitrogens with zero attached hydrogens (tertiary/aromatic N) is 2. The first-order valence-electron chi connectivity index (χ1n) is 5.72. The van der Waals surface area contributed by atoms with Gasteiger partial charge in [-0.15, -0.1) is 0 Å². The summed E-state index contributed by atoms with van der Waals surface area (Å²) in [5.41, 5.74) is 0.917. The summed E-state index contributed by atoms with van der Waals surface area (Å²) in [6.07, 6.45) is 0. The lowest BCUT2D eigenvalue weighted by atomic mass is 10.1. The first-order valence-corrected chi connectivity index (χ1v) is 5.72. The van der Waals surface area contributed by atoms with Crippen LogP contribution >= 0.6 is 0 Å². The molecule has 4 nitrogen and oxygen atoms in total. The lowest BCUT2D eigenvalue weighted by Crippen LogP contribution is -2.27. The van der Waals surface area contributed by atoms with Crippen LogP contribution < -0.4 is 10.6 Å². The van der Waals surface area contributed by atoms with Crippen molar-refractivity contribution in [2.45, 2.75) is 26.3 Å². The van der Waals surface area contributed by atoms with Crippen molar-refractivity contribution in [2.24, 2.45) is 0 Å². The van der Waals surface area contributed by atoms with Gasteiger partial charge < -0.3 is 10.6 Å². The number of nitrogens with one attached hydrogen (secondary N) is 2. The van der Waals surface area contributed by atoms with Gasteiger partial charge in [0.25, 0.3) is 0 Å². The molecule has 0 fully saturated rings. The van der Waals surface area contributed by atoms with E-state index < -0.39 is 0 Å². The molecule has 0 aliphatic rings. The first-order chi connectivity index (χ1) is 7.99. The molecule has 0 amide bonds. The lowest BCUT2D eigenvalue weighted by Gasteiger charge is -2.22. The molecule has 17 heavy (non-hydrogen) atoms. The van der Waals surface area contributed by atoms with Crippen LogP contribution in [-0.2, 0) is 0 Å². The third kappa shape index (κ3) is 2.64. The molecule has 1 heterocycles. The van der Waals surface area contributed by atoms with Crippen LogP contribution in [0.5, 0.6) is 0 Å². The Labute approximate surface area is 101 Å². The number of fused-ring (bicyclic) bond motifs is 1. The Balaban J connectivity index is 2.58. The van der Waals surface area contributed by atoms with E-state index in [2.05, 4.69) is 41.4 Å². The van der Waals surface area contributed by atoms with E-state index in [0.29, 0.717) is 5.95 Å². The van der Waals surface area contributed by atoms with E-state index in [1.165, 1.54) is 0 Å². The molecule has 0 radical (unpaired) electrons. The molecule has 4 heteroatoms. The standard InChI is InChI=1S/C13H18N4/c1-13(2,3)17-11-9-7-5-6-8-10(9)15-12(14-4)16-11/h5-8H,1-4H3,(H2,14,15,16,17). The fourth-order valence-corrected chi connectivity index (χ4v) is 1.64. The van der Waals surface area contributed by atoms with Crippen LogP contribution in [0.25, 0.3) is 10.9 Å². The van der Waals surface area contributed by atoms with Gasteiger partial charge in [0.2, 0.25) is 5.95 Å². The van der Waals surface area contributed by atoms with E-state index in [-0.39, 0.29) is 5.54 Å². The summed E-state index contributed by atoms with van der Waals surface area (Å²) >= 11 is 0. The maximum absolute atomic E-state index is 4.47. The summed E-state index contributed by atoms with van der Waals surface area (Å²) in [4.78, 5) is 8.89. The van der Waals surface area contributed by atoms with Crippen molar-refractivity contribution in [3.63, 3.8) is 0 Å². The zero-order valence-corrected chi connectivity index (χ0v) is 10.7. The maximum Gasteiger partial charge on any atom is 0.224 e. The van der Waals surface area contributed by atoms with Crippen LogP contribution in [0.1, 0.15) is 20.8 Å².